The number of amides is 1. The lowest BCUT2D eigenvalue weighted by Crippen LogP contribution is -2.54. The van der Waals surface area contributed by atoms with Crippen molar-refractivity contribution in [2.24, 2.45) is 0 Å². The Hall–Kier alpha value is -1.46. The zero-order valence-corrected chi connectivity index (χ0v) is 13.0. The largest absolute Gasteiger partial charge is 0.334 e. The molecule has 2 bridgehead atoms. The minimum atomic E-state index is -0.245. The van der Waals surface area contributed by atoms with Gasteiger partial charge in [0.2, 0.25) is 5.91 Å². The summed E-state index contributed by atoms with van der Waals surface area (Å²) in [5, 5.41) is 6.75. The summed E-state index contributed by atoms with van der Waals surface area (Å²) in [6.07, 6.45) is 2.64. The van der Waals surface area contributed by atoms with Crippen LogP contribution in [0.5, 0.6) is 0 Å². The number of nitrogens with one attached hydrogen (secondary N) is 2. The molecule has 3 atom stereocenters. The van der Waals surface area contributed by atoms with E-state index >= 15 is 0 Å². The number of rotatable bonds is 5. The van der Waals surface area contributed by atoms with Crippen LogP contribution in [-0.2, 0) is 4.79 Å². The monoisotopic (exact) mass is 305 g/mol. The number of piperazine rings is 1. The number of benzene rings is 1. The topological polar surface area (TPSA) is 44.4 Å². The lowest BCUT2D eigenvalue weighted by atomic mass is 10.0. The van der Waals surface area contributed by atoms with E-state index < -0.39 is 0 Å². The number of carbonyl (C=O) groups excluding carboxylic acids is 1. The van der Waals surface area contributed by atoms with Crippen molar-refractivity contribution < 1.29 is 9.18 Å². The van der Waals surface area contributed by atoms with Crippen molar-refractivity contribution in [3.8, 4) is 0 Å². The van der Waals surface area contributed by atoms with Gasteiger partial charge in [0.05, 0.1) is 0 Å². The van der Waals surface area contributed by atoms with Gasteiger partial charge in [0, 0.05) is 37.6 Å². The predicted octanol–water partition coefficient (Wildman–Crippen LogP) is 1.83. The highest BCUT2D eigenvalue weighted by molar-refractivity contribution is 5.78. The Kier molecular flexibility index (Phi) is 4.74. The first-order valence-electron chi connectivity index (χ1n) is 8.19. The van der Waals surface area contributed by atoms with E-state index in [0.717, 1.165) is 38.0 Å². The molecule has 0 aromatic heterocycles. The van der Waals surface area contributed by atoms with E-state index in [1.807, 2.05) is 6.92 Å². The van der Waals surface area contributed by atoms with Gasteiger partial charge in [-0.15, -0.1) is 0 Å². The van der Waals surface area contributed by atoms with E-state index in [-0.39, 0.29) is 17.8 Å². The summed E-state index contributed by atoms with van der Waals surface area (Å²) in [5.41, 5.74) is 0.971. The van der Waals surface area contributed by atoms with E-state index in [0.29, 0.717) is 18.5 Å². The summed E-state index contributed by atoms with van der Waals surface area (Å²) in [6.45, 7) is 4.62. The van der Waals surface area contributed by atoms with Gasteiger partial charge in [-0.25, -0.2) is 4.39 Å². The molecule has 2 saturated heterocycles. The van der Waals surface area contributed by atoms with Crippen molar-refractivity contribution in [2.75, 3.05) is 19.6 Å². The number of fused-ring (bicyclic) bond motifs is 2. The Bertz CT molecular complexity index is 503. The van der Waals surface area contributed by atoms with Gasteiger partial charge in [-0.3, -0.25) is 4.79 Å². The molecule has 0 aliphatic carbocycles. The highest BCUT2D eigenvalue weighted by atomic mass is 19.1. The fourth-order valence-corrected chi connectivity index (χ4v) is 3.72. The normalized spacial score (nSPS) is 25.3. The molecule has 3 unspecified atom stereocenters. The molecule has 5 heteroatoms. The first-order valence-corrected chi connectivity index (χ1v) is 8.19. The van der Waals surface area contributed by atoms with Crippen LogP contribution in [0.3, 0.4) is 0 Å². The average Bonchev–Trinajstić information content (AvgIpc) is 2.77. The second-order valence-corrected chi connectivity index (χ2v) is 6.21. The number of halogens is 1. The summed E-state index contributed by atoms with van der Waals surface area (Å²) in [4.78, 5) is 14.9. The maximum Gasteiger partial charge on any atom is 0.225 e. The molecule has 2 fully saturated rings. The van der Waals surface area contributed by atoms with Crippen LogP contribution in [0.2, 0.25) is 0 Å². The summed E-state index contributed by atoms with van der Waals surface area (Å²) < 4.78 is 13.1. The van der Waals surface area contributed by atoms with Crippen molar-refractivity contribution in [1.29, 1.82) is 0 Å². The minimum Gasteiger partial charge on any atom is -0.334 e. The van der Waals surface area contributed by atoms with Crippen LogP contribution < -0.4 is 10.6 Å². The zero-order valence-electron chi connectivity index (χ0n) is 13.0. The molecule has 22 heavy (non-hydrogen) atoms. The molecule has 2 heterocycles. The van der Waals surface area contributed by atoms with Gasteiger partial charge in [-0.2, -0.15) is 0 Å². The van der Waals surface area contributed by atoms with Gasteiger partial charge < -0.3 is 15.5 Å². The fraction of sp³-hybridized carbons (Fsp3) is 0.588. The summed E-state index contributed by atoms with van der Waals surface area (Å²) >= 11 is 0. The Labute approximate surface area is 131 Å². The second-order valence-electron chi connectivity index (χ2n) is 6.21. The van der Waals surface area contributed by atoms with Crippen molar-refractivity contribution in [2.45, 2.75) is 44.3 Å². The van der Waals surface area contributed by atoms with Gasteiger partial charge in [0.1, 0.15) is 5.82 Å². The number of hydrogen-bond acceptors (Lipinski definition) is 3. The van der Waals surface area contributed by atoms with Crippen LogP contribution in [0.15, 0.2) is 24.3 Å². The lowest BCUT2D eigenvalue weighted by molar-refractivity contribution is -0.135. The molecule has 2 aliphatic rings. The van der Waals surface area contributed by atoms with Crippen LogP contribution >= 0.6 is 0 Å². The highest BCUT2D eigenvalue weighted by Crippen LogP contribution is 2.29. The molecule has 0 radical (unpaired) electrons. The number of hydrogen-bond donors (Lipinski definition) is 2. The van der Waals surface area contributed by atoms with Crippen molar-refractivity contribution >= 4 is 5.91 Å². The molecule has 0 saturated carbocycles. The lowest BCUT2D eigenvalue weighted by Gasteiger charge is -2.36. The van der Waals surface area contributed by atoms with E-state index in [2.05, 4.69) is 15.5 Å². The standard InChI is InChI=1S/C17H24FN3O/c1-2-20-16(12-3-5-13(18)6-4-12)9-17(22)21-14-7-8-15(21)11-19-10-14/h3-6,14-16,19-20H,2,7-11H2,1H3. The van der Waals surface area contributed by atoms with Crippen molar-refractivity contribution in [1.82, 2.24) is 15.5 Å². The van der Waals surface area contributed by atoms with Gasteiger partial charge in [0.25, 0.3) is 0 Å². The SMILES string of the molecule is CCNC(CC(=O)N1C2CCC1CNC2)c1ccc(F)cc1. The van der Waals surface area contributed by atoms with Crippen molar-refractivity contribution in [3.63, 3.8) is 0 Å². The molecule has 2 N–H and O–H groups in total. The van der Waals surface area contributed by atoms with Gasteiger partial charge in [-0.1, -0.05) is 19.1 Å². The Balaban J connectivity index is 1.70. The summed E-state index contributed by atoms with van der Waals surface area (Å²) in [5.74, 6) is -0.0326. The molecule has 2 aliphatic heterocycles. The molecule has 1 aromatic carbocycles. The quantitative estimate of drug-likeness (QED) is 0.872. The Morgan fingerprint density at radius 1 is 1.32 bits per heavy atom. The first-order chi connectivity index (χ1) is 10.7. The molecule has 1 amide bonds. The molecular formula is C17H24FN3O. The third-order valence-corrected chi connectivity index (χ3v) is 4.77. The first kappa shape index (κ1) is 15.4. The van der Waals surface area contributed by atoms with E-state index in [1.54, 1.807) is 12.1 Å². The maximum absolute atomic E-state index is 13.1. The zero-order chi connectivity index (χ0) is 15.5. The molecule has 4 nitrogen and oxygen atoms in total. The highest BCUT2D eigenvalue weighted by Gasteiger charge is 2.39. The molecule has 120 valence electrons. The number of carbonyl (C=O) groups is 1. The second kappa shape index (κ2) is 6.75. The van der Waals surface area contributed by atoms with E-state index in [9.17, 15) is 9.18 Å². The third-order valence-electron chi connectivity index (χ3n) is 4.77. The molecule has 0 spiro atoms. The van der Waals surface area contributed by atoms with Gasteiger partial charge in [-0.05, 0) is 37.1 Å². The van der Waals surface area contributed by atoms with E-state index in [4.69, 9.17) is 0 Å². The Morgan fingerprint density at radius 2 is 1.95 bits per heavy atom. The molecule has 3 rings (SSSR count). The maximum atomic E-state index is 13.1. The van der Waals surface area contributed by atoms with Crippen LogP contribution in [-0.4, -0.2) is 42.5 Å². The summed E-state index contributed by atoms with van der Waals surface area (Å²) in [7, 11) is 0. The smallest absolute Gasteiger partial charge is 0.225 e. The molecular weight excluding hydrogens is 281 g/mol. The molecule has 1 aromatic rings. The number of nitrogens with zero attached hydrogens (tertiary/aromatic N) is 1. The third kappa shape index (κ3) is 3.15. The summed E-state index contributed by atoms with van der Waals surface area (Å²) in [6, 6.07) is 7.10. The minimum absolute atomic E-state index is 0.0487. The average molecular weight is 305 g/mol. The van der Waals surface area contributed by atoms with Crippen LogP contribution in [0.4, 0.5) is 4.39 Å². The fourth-order valence-electron chi connectivity index (χ4n) is 3.72. The van der Waals surface area contributed by atoms with Gasteiger partial charge >= 0.3 is 0 Å². The van der Waals surface area contributed by atoms with Crippen LogP contribution in [0.1, 0.15) is 37.8 Å². The van der Waals surface area contributed by atoms with Crippen molar-refractivity contribution in [3.05, 3.63) is 35.6 Å². The van der Waals surface area contributed by atoms with Gasteiger partial charge in [0.15, 0.2) is 0 Å². The van der Waals surface area contributed by atoms with Crippen LogP contribution in [0, 0.1) is 5.82 Å². The Morgan fingerprint density at radius 3 is 2.55 bits per heavy atom. The van der Waals surface area contributed by atoms with E-state index in [1.165, 1.54) is 12.1 Å². The predicted molar refractivity (Wildman–Crippen MR) is 84.0 cm³/mol. The van der Waals surface area contributed by atoms with Crippen LogP contribution in [0.25, 0.3) is 0 Å².